The van der Waals surface area contributed by atoms with E-state index in [1.807, 2.05) is 24.3 Å². The van der Waals surface area contributed by atoms with Gasteiger partial charge in [0, 0.05) is 10.3 Å². The quantitative estimate of drug-likeness (QED) is 0.488. The van der Waals surface area contributed by atoms with Gasteiger partial charge in [-0.2, -0.15) is 0 Å². The number of rotatable bonds is 6. The molecule has 0 aliphatic heterocycles. The number of hydrogen-bond donors (Lipinski definition) is 2. The summed E-state index contributed by atoms with van der Waals surface area (Å²) < 4.78 is 6.93. The van der Waals surface area contributed by atoms with Gasteiger partial charge in [0.1, 0.15) is 0 Å². The van der Waals surface area contributed by atoms with E-state index in [0.29, 0.717) is 11.5 Å². The van der Waals surface area contributed by atoms with E-state index in [9.17, 15) is 4.79 Å². The number of thiophene rings is 1. The number of ether oxygens (including phenoxy) is 1. The number of benzene rings is 1. The van der Waals surface area contributed by atoms with Gasteiger partial charge in [-0.15, -0.1) is 11.3 Å². The van der Waals surface area contributed by atoms with Crippen LogP contribution in [0.3, 0.4) is 0 Å². The molecule has 108 valence electrons. The molecule has 1 amide bonds. The van der Waals surface area contributed by atoms with Crippen molar-refractivity contribution in [2.45, 2.75) is 39.4 Å². The highest BCUT2D eigenvalue weighted by Gasteiger charge is 2.18. The lowest BCUT2D eigenvalue weighted by Crippen LogP contribution is -2.30. The highest BCUT2D eigenvalue weighted by atomic mass is 32.1. The summed E-state index contributed by atoms with van der Waals surface area (Å²) in [5, 5.41) is 1.07. The lowest BCUT2D eigenvalue weighted by Gasteiger charge is -2.12. The maximum Gasteiger partial charge on any atom is 0.275 e. The summed E-state index contributed by atoms with van der Waals surface area (Å²) in [6.45, 7) is 4.63. The van der Waals surface area contributed by atoms with Crippen LogP contribution in [0, 0.1) is 0 Å². The van der Waals surface area contributed by atoms with Crippen LogP contribution in [0.1, 0.15) is 41.9 Å². The Hall–Kier alpha value is -1.43. The Balaban J connectivity index is 2.31. The van der Waals surface area contributed by atoms with E-state index in [0.717, 1.165) is 28.5 Å². The number of hydrogen-bond acceptors (Lipinski definition) is 4. The number of nitrogens with two attached hydrogens (primary N) is 1. The number of fused-ring (bicyclic) bond motifs is 1. The molecule has 0 radical (unpaired) electrons. The zero-order valence-electron chi connectivity index (χ0n) is 11.8. The zero-order valence-corrected chi connectivity index (χ0v) is 12.6. The fourth-order valence-electron chi connectivity index (χ4n) is 2.21. The summed E-state index contributed by atoms with van der Waals surface area (Å²) >= 11 is 1.45. The van der Waals surface area contributed by atoms with Gasteiger partial charge in [-0.05, 0) is 24.8 Å². The summed E-state index contributed by atoms with van der Waals surface area (Å²) in [6, 6.07) is 7.96. The Morgan fingerprint density at radius 2 is 2.20 bits per heavy atom. The highest BCUT2D eigenvalue weighted by Crippen LogP contribution is 2.32. The first-order valence-corrected chi connectivity index (χ1v) is 7.62. The van der Waals surface area contributed by atoms with E-state index in [1.165, 1.54) is 11.3 Å². The molecule has 2 rings (SSSR count). The predicted octanol–water partition coefficient (Wildman–Crippen LogP) is 3.21. The number of amides is 1. The lowest BCUT2D eigenvalue weighted by molar-refractivity contribution is 0.0474. The van der Waals surface area contributed by atoms with Gasteiger partial charge in [0.15, 0.2) is 0 Å². The minimum absolute atomic E-state index is 0.187. The number of carbonyl (C=O) groups excluding carboxylic acids is 1. The van der Waals surface area contributed by atoms with E-state index in [1.54, 1.807) is 0 Å². The van der Waals surface area contributed by atoms with E-state index in [4.69, 9.17) is 10.6 Å². The van der Waals surface area contributed by atoms with Gasteiger partial charge >= 0.3 is 0 Å². The Morgan fingerprint density at radius 1 is 1.45 bits per heavy atom. The Kier molecular flexibility index (Phi) is 5.11. The maximum atomic E-state index is 11.9. The molecular formula is C15H20N2O2S. The minimum atomic E-state index is -0.257. The first-order valence-electron chi connectivity index (χ1n) is 6.80. The van der Waals surface area contributed by atoms with E-state index >= 15 is 0 Å². The van der Waals surface area contributed by atoms with Crippen molar-refractivity contribution in [3.63, 3.8) is 0 Å². The van der Waals surface area contributed by atoms with Crippen molar-refractivity contribution in [3.05, 3.63) is 34.7 Å². The molecule has 2 aromatic rings. The fraction of sp³-hybridized carbons (Fsp3) is 0.400. The van der Waals surface area contributed by atoms with Crippen molar-refractivity contribution in [1.29, 1.82) is 0 Å². The molecule has 0 fully saturated rings. The Bertz CT molecular complexity index is 595. The average molecular weight is 292 g/mol. The van der Waals surface area contributed by atoms with Crippen LogP contribution in [0.5, 0.6) is 0 Å². The standard InChI is InChI=1S/C15H20N2O2S/c1-3-6-10(2)19-9-12-11-7-4-5-8-13(11)20-14(12)15(18)17-16/h4-5,7-8,10H,3,6,9,16H2,1-2H3,(H,17,18). The second-order valence-electron chi connectivity index (χ2n) is 4.79. The van der Waals surface area contributed by atoms with Crippen molar-refractivity contribution in [2.24, 2.45) is 5.84 Å². The zero-order chi connectivity index (χ0) is 14.5. The Morgan fingerprint density at radius 3 is 2.90 bits per heavy atom. The van der Waals surface area contributed by atoms with Crippen LogP contribution in [-0.4, -0.2) is 12.0 Å². The molecule has 5 heteroatoms. The van der Waals surface area contributed by atoms with Gasteiger partial charge in [0.05, 0.1) is 17.6 Å². The van der Waals surface area contributed by atoms with Crippen molar-refractivity contribution < 1.29 is 9.53 Å². The number of hydrazine groups is 1. The van der Waals surface area contributed by atoms with Crippen molar-refractivity contribution in [2.75, 3.05) is 0 Å². The fourth-order valence-corrected chi connectivity index (χ4v) is 3.32. The summed E-state index contributed by atoms with van der Waals surface area (Å²) in [5.41, 5.74) is 3.14. The van der Waals surface area contributed by atoms with Crippen LogP contribution in [-0.2, 0) is 11.3 Å². The number of carbonyl (C=O) groups is 1. The third kappa shape index (κ3) is 3.17. The minimum Gasteiger partial charge on any atom is -0.374 e. The molecule has 1 heterocycles. The van der Waals surface area contributed by atoms with Crippen LogP contribution in [0.4, 0.5) is 0 Å². The van der Waals surface area contributed by atoms with Gasteiger partial charge in [-0.1, -0.05) is 31.5 Å². The highest BCUT2D eigenvalue weighted by molar-refractivity contribution is 7.21. The van der Waals surface area contributed by atoms with Crippen molar-refractivity contribution in [3.8, 4) is 0 Å². The molecule has 3 N–H and O–H groups in total. The molecule has 0 saturated carbocycles. The van der Waals surface area contributed by atoms with Gasteiger partial charge in [-0.25, -0.2) is 5.84 Å². The molecule has 1 unspecified atom stereocenters. The molecule has 0 aliphatic carbocycles. The van der Waals surface area contributed by atoms with Crippen molar-refractivity contribution in [1.82, 2.24) is 5.43 Å². The third-order valence-corrected chi connectivity index (χ3v) is 4.45. The molecule has 1 aromatic carbocycles. The molecule has 1 aromatic heterocycles. The van der Waals surface area contributed by atoms with Gasteiger partial charge in [-0.3, -0.25) is 10.2 Å². The van der Waals surface area contributed by atoms with E-state index in [-0.39, 0.29) is 12.0 Å². The maximum absolute atomic E-state index is 11.9. The molecule has 4 nitrogen and oxygen atoms in total. The van der Waals surface area contributed by atoms with Gasteiger partial charge in [0.2, 0.25) is 0 Å². The monoisotopic (exact) mass is 292 g/mol. The number of nitrogens with one attached hydrogen (secondary N) is 1. The van der Waals surface area contributed by atoms with Crippen molar-refractivity contribution >= 4 is 27.3 Å². The second-order valence-corrected chi connectivity index (χ2v) is 5.84. The van der Waals surface area contributed by atoms with Gasteiger partial charge < -0.3 is 4.74 Å². The first-order chi connectivity index (χ1) is 9.67. The summed E-state index contributed by atoms with van der Waals surface area (Å²) in [7, 11) is 0. The summed E-state index contributed by atoms with van der Waals surface area (Å²) in [4.78, 5) is 12.5. The SMILES string of the molecule is CCCC(C)OCc1c(C(=O)NN)sc2ccccc12. The molecule has 0 bridgehead atoms. The van der Waals surface area contributed by atoms with Crippen LogP contribution in [0.25, 0.3) is 10.1 Å². The molecule has 1 atom stereocenters. The molecule has 0 spiro atoms. The lowest BCUT2D eigenvalue weighted by atomic mass is 10.1. The van der Waals surface area contributed by atoms with Crippen LogP contribution in [0.2, 0.25) is 0 Å². The van der Waals surface area contributed by atoms with E-state index < -0.39 is 0 Å². The molecule has 20 heavy (non-hydrogen) atoms. The average Bonchev–Trinajstić information content (AvgIpc) is 2.83. The van der Waals surface area contributed by atoms with E-state index in [2.05, 4.69) is 19.3 Å². The largest absolute Gasteiger partial charge is 0.374 e. The normalized spacial score (nSPS) is 12.6. The third-order valence-electron chi connectivity index (χ3n) is 3.24. The second kappa shape index (κ2) is 6.83. The number of nitrogen functional groups attached to an aromatic ring is 1. The molecular weight excluding hydrogens is 272 g/mol. The van der Waals surface area contributed by atoms with Crippen LogP contribution < -0.4 is 11.3 Å². The Labute approximate surface area is 122 Å². The molecule has 0 saturated heterocycles. The summed E-state index contributed by atoms with van der Waals surface area (Å²) in [6.07, 6.45) is 2.29. The van der Waals surface area contributed by atoms with Crippen LogP contribution >= 0.6 is 11.3 Å². The predicted molar refractivity (Wildman–Crippen MR) is 82.6 cm³/mol. The first kappa shape index (κ1) is 15.0. The van der Waals surface area contributed by atoms with Crippen LogP contribution in [0.15, 0.2) is 24.3 Å². The topological polar surface area (TPSA) is 64.3 Å². The summed E-state index contributed by atoms with van der Waals surface area (Å²) in [5.74, 6) is 5.01. The molecule has 0 aliphatic rings. The van der Waals surface area contributed by atoms with Gasteiger partial charge in [0.25, 0.3) is 5.91 Å². The smallest absolute Gasteiger partial charge is 0.275 e.